The first-order valence-electron chi connectivity index (χ1n) is 5.67. The van der Waals surface area contributed by atoms with Gasteiger partial charge in [0.25, 0.3) is 0 Å². The van der Waals surface area contributed by atoms with Gasteiger partial charge in [0, 0.05) is 32.5 Å². The molecule has 0 aliphatic heterocycles. The maximum atomic E-state index is 5.58. The van der Waals surface area contributed by atoms with E-state index in [1.54, 1.807) is 0 Å². The number of aromatic nitrogens is 2. The van der Waals surface area contributed by atoms with E-state index in [-0.39, 0.29) is 0 Å². The number of hydrogen-bond acceptors (Lipinski definition) is 3. The van der Waals surface area contributed by atoms with Crippen molar-refractivity contribution in [1.29, 1.82) is 0 Å². The second kappa shape index (κ2) is 5.01. The van der Waals surface area contributed by atoms with Gasteiger partial charge in [-0.1, -0.05) is 12.1 Å². The third-order valence-corrected chi connectivity index (χ3v) is 2.78. The second-order valence-corrected chi connectivity index (χ2v) is 4.21. The quantitative estimate of drug-likeness (QED) is 0.866. The van der Waals surface area contributed by atoms with Gasteiger partial charge < -0.3 is 10.6 Å². The minimum absolute atomic E-state index is 0.588. The van der Waals surface area contributed by atoms with Crippen molar-refractivity contribution in [1.82, 2.24) is 9.78 Å². The fourth-order valence-corrected chi connectivity index (χ4v) is 1.77. The van der Waals surface area contributed by atoms with Gasteiger partial charge in [-0.3, -0.25) is 4.68 Å². The number of rotatable bonds is 4. The molecule has 17 heavy (non-hydrogen) atoms. The standard InChI is InChI=1S/C13H18N4/c1-16(10-12-7-8-17(2)15-12)13-5-3-11(9-14)4-6-13/h3-8H,9-10,14H2,1-2H3. The molecule has 0 amide bonds. The Hall–Kier alpha value is -1.81. The number of nitrogens with two attached hydrogens (primary N) is 1. The van der Waals surface area contributed by atoms with Gasteiger partial charge in [0.05, 0.1) is 12.2 Å². The van der Waals surface area contributed by atoms with Crippen LogP contribution in [0, 0.1) is 0 Å². The van der Waals surface area contributed by atoms with Crippen molar-refractivity contribution in [2.75, 3.05) is 11.9 Å². The van der Waals surface area contributed by atoms with E-state index in [0.29, 0.717) is 6.54 Å². The molecule has 0 unspecified atom stereocenters. The molecule has 2 N–H and O–H groups in total. The SMILES string of the molecule is CN(Cc1ccn(C)n1)c1ccc(CN)cc1. The highest BCUT2D eigenvalue weighted by Gasteiger charge is 2.04. The minimum Gasteiger partial charge on any atom is -0.369 e. The molecule has 2 aromatic rings. The molecule has 0 aliphatic carbocycles. The highest BCUT2D eigenvalue weighted by atomic mass is 15.3. The number of benzene rings is 1. The summed E-state index contributed by atoms with van der Waals surface area (Å²) in [5.41, 5.74) is 8.97. The van der Waals surface area contributed by atoms with E-state index in [0.717, 1.165) is 17.8 Å². The average molecular weight is 230 g/mol. The molecule has 2 rings (SSSR count). The molecule has 0 saturated carbocycles. The zero-order valence-electron chi connectivity index (χ0n) is 10.3. The summed E-state index contributed by atoms with van der Waals surface area (Å²) in [7, 11) is 3.99. The molecule has 0 radical (unpaired) electrons. The highest BCUT2D eigenvalue weighted by Crippen LogP contribution is 2.15. The first kappa shape index (κ1) is 11.7. The van der Waals surface area contributed by atoms with Crippen LogP contribution in [-0.4, -0.2) is 16.8 Å². The average Bonchev–Trinajstić information content (AvgIpc) is 2.75. The predicted octanol–water partition coefficient (Wildman–Crippen LogP) is 1.52. The fourth-order valence-electron chi connectivity index (χ4n) is 1.77. The van der Waals surface area contributed by atoms with Crippen LogP contribution in [0.15, 0.2) is 36.5 Å². The van der Waals surface area contributed by atoms with Crippen LogP contribution in [0.25, 0.3) is 0 Å². The second-order valence-electron chi connectivity index (χ2n) is 4.21. The Labute approximate surface area is 102 Å². The Bertz CT molecular complexity index is 472. The van der Waals surface area contributed by atoms with Crippen LogP contribution in [0.3, 0.4) is 0 Å². The van der Waals surface area contributed by atoms with Gasteiger partial charge in [0.1, 0.15) is 0 Å². The number of aryl methyl sites for hydroxylation is 1. The molecule has 4 nitrogen and oxygen atoms in total. The normalized spacial score (nSPS) is 10.5. The Morgan fingerprint density at radius 2 is 1.94 bits per heavy atom. The summed E-state index contributed by atoms with van der Waals surface area (Å²) < 4.78 is 1.82. The van der Waals surface area contributed by atoms with Gasteiger partial charge in [0.2, 0.25) is 0 Å². The van der Waals surface area contributed by atoms with Crippen LogP contribution < -0.4 is 10.6 Å². The van der Waals surface area contributed by atoms with Crippen LogP contribution in [0.5, 0.6) is 0 Å². The van der Waals surface area contributed by atoms with Gasteiger partial charge in [-0.2, -0.15) is 5.10 Å². The van der Waals surface area contributed by atoms with E-state index in [2.05, 4.69) is 41.3 Å². The first-order valence-corrected chi connectivity index (χ1v) is 5.67. The maximum Gasteiger partial charge on any atom is 0.0817 e. The smallest absolute Gasteiger partial charge is 0.0817 e. The van der Waals surface area contributed by atoms with Crippen LogP contribution >= 0.6 is 0 Å². The fraction of sp³-hybridized carbons (Fsp3) is 0.308. The molecule has 1 heterocycles. The van der Waals surface area contributed by atoms with Crippen molar-refractivity contribution in [3.8, 4) is 0 Å². The molecule has 0 aliphatic rings. The molecule has 1 aromatic heterocycles. The van der Waals surface area contributed by atoms with E-state index >= 15 is 0 Å². The lowest BCUT2D eigenvalue weighted by molar-refractivity contribution is 0.734. The van der Waals surface area contributed by atoms with Crippen molar-refractivity contribution in [3.63, 3.8) is 0 Å². The van der Waals surface area contributed by atoms with Gasteiger partial charge in [0.15, 0.2) is 0 Å². The molecule has 4 heteroatoms. The van der Waals surface area contributed by atoms with Gasteiger partial charge in [-0.25, -0.2) is 0 Å². The maximum absolute atomic E-state index is 5.58. The van der Waals surface area contributed by atoms with Gasteiger partial charge in [-0.15, -0.1) is 0 Å². The lowest BCUT2D eigenvalue weighted by Crippen LogP contribution is -2.16. The Morgan fingerprint density at radius 3 is 2.47 bits per heavy atom. The summed E-state index contributed by atoms with van der Waals surface area (Å²) in [6, 6.07) is 10.3. The van der Waals surface area contributed by atoms with E-state index < -0.39 is 0 Å². The molecule has 90 valence electrons. The minimum atomic E-state index is 0.588. The number of nitrogens with zero attached hydrogens (tertiary/aromatic N) is 3. The zero-order valence-corrected chi connectivity index (χ0v) is 10.3. The molecular formula is C13H18N4. The third-order valence-electron chi connectivity index (χ3n) is 2.78. The Morgan fingerprint density at radius 1 is 1.24 bits per heavy atom. The zero-order chi connectivity index (χ0) is 12.3. The summed E-state index contributed by atoms with van der Waals surface area (Å²) in [5.74, 6) is 0. The van der Waals surface area contributed by atoms with Crippen molar-refractivity contribution >= 4 is 5.69 Å². The Kier molecular flexibility index (Phi) is 3.44. The molecule has 1 aromatic carbocycles. The largest absolute Gasteiger partial charge is 0.369 e. The topological polar surface area (TPSA) is 47.1 Å². The first-order chi connectivity index (χ1) is 8.19. The van der Waals surface area contributed by atoms with Crippen LogP contribution in [0.1, 0.15) is 11.3 Å². The highest BCUT2D eigenvalue weighted by molar-refractivity contribution is 5.47. The van der Waals surface area contributed by atoms with Crippen molar-refractivity contribution in [3.05, 3.63) is 47.8 Å². The molecular weight excluding hydrogens is 212 g/mol. The molecule has 0 bridgehead atoms. The third kappa shape index (κ3) is 2.85. The summed E-state index contributed by atoms with van der Waals surface area (Å²) in [4.78, 5) is 2.17. The number of hydrogen-bond donors (Lipinski definition) is 1. The summed E-state index contributed by atoms with van der Waals surface area (Å²) >= 11 is 0. The summed E-state index contributed by atoms with van der Waals surface area (Å²) in [6.45, 7) is 1.40. The predicted molar refractivity (Wildman–Crippen MR) is 69.6 cm³/mol. The van der Waals surface area contributed by atoms with E-state index in [1.165, 1.54) is 5.69 Å². The van der Waals surface area contributed by atoms with Crippen molar-refractivity contribution in [2.24, 2.45) is 12.8 Å². The lowest BCUT2D eigenvalue weighted by atomic mass is 10.2. The van der Waals surface area contributed by atoms with Crippen LogP contribution in [0.2, 0.25) is 0 Å². The summed E-state index contributed by atoms with van der Waals surface area (Å²) in [6.07, 6.45) is 1.96. The van der Waals surface area contributed by atoms with Crippen LogP contribution in [-0.2, 0) is 20.1 Å². The molecule has 0 fully saturated rings. The monoisotopic (exact) mass is 230 g/mol. The Balaban J connectivity index is 2.06. The summed E-state index contributed by atoms with van der Waals surface area (Å²) in [5, 5.41) is 4.36. The van der Waals surface area contributed by atoms with Crippen molar-refractivity contribution < 1.29 is 0 Å². The number of anilines is 1. The van der Waals surface area contributed by atoms with Gasteiger partial charge in [-0.05, 0) is 23.8 Å². The van der Waals surface area contributed by atoms with Crippen molar-refractivity contribution in [2.45, 2.75) is 13.1 Å². The van der Waals surface area contributed by atoms with Gasteiger partial charge >= 0.3 is 0 Å². The molecule has 0 spiro atoms. The van der Waals surface area contributed by atoms with E-state index in [9.17, 15) is 0 Å². The molecule has 0 atom stereocenters. The van der Waals surface area contributed by atoms with E-state index in [1.807, 2.05) is 24.0 Å². The van der Waals surface area contributed by atoms with E-state index in [4.69, 9.17) is 5.73 Å². The molecule has 0 saturated heterocycles. The lowest BCUT2D eigenvalue weighted by Gasteiger charge is -2.18. The van der Waals surface area contributed by atoms with Crippen LogP contribution in [0.4, 0.5) is 5.69 Å².